The van der Waals surface area contributed by atoms with Crippen molar-refractivity contribution in [3.63, 3.8) is 0 Å². The fraction of sp³-hybridized carbons (Fsp3) is 0.143. The first-order valence-electron chi connectivity index (χ1n) is 2.48. The number of aliphatic hydroxyl groups is 1. The third kappa shape index (κ3) is 5.53. The zero-order valence-corrected chi connectivity index (χ0v) is 6.69. The molecule has 0 saturated heterocycles. The zero-order chi connectivity index (χ0) is 7.28. The molecule has 0 aromatic carbocycles. The average molecular weight is 189 g/mol. The molecule has 2 heteroatoms. The summed E-state index contributed by atoms with van der Waals surface area (Å²) in [6.07, 6.45) is 3.44. The Bertz CT molecular complexity index is 147. The Labute approximate surface area is 63.5 Å². The summed E-state index contributed by atoms with van der Waals surface area (Å²) in [7, 11) is 0. The number of halogens is 1. The van der Waals surface area contributed by atoms with E-state index in [1.807, 2.05) is 0 Å². The molecule has 50 valence electrons. The van der Waals surface area contributed by atoms with Gasteiger partial charge < -0.3 is 5.11 Å². The van der Waals surface area contributed by atoms with Crippen molar-refractivity contribution in [2.75, 3.05) is 6.61 Å². The molecule has 0 heterocycles. The topological polar surface area (TPSA) is 20.2 Å². The van der Waals surface area contributed by atoms with Crippen molar-refractivity contribution in [3.05, 3.63) is 35.4 Å². The SMILES string of the molecule is C=C(Br)/C=C\C(=C)CO. The maximum absolute atomic E-state index is 8.45. The minimum absolute atomic E-state index is 0.00319. The van der Waals surface area contributed by atoms with Crippen LogP contribution in [0.1, 0.15) is 0 Å². The molecule has 0 radical (unpaired) electrons. The van der Waals surface area contributed by atoms with Crippen LogP contribution in [-0.2, 0) is 0 Å². The van der Waals surface area contributed by atoms with Gasteiger partial charge in [0.25, 0.3) is 0 Å². The fourth-order valence-corrected chi connectivity index (χ4v) is 0.393. The highest BCUT2D eigenvalue weighted by molar-refractivity contribution is 9.11. The second kappa shape index (κ2) is 4.53. The standard InChI is InChI=1S/C7H9BrO/c1-6(5-9)3-4-7(2)8/h3-4,9H,1-2,5H2/b4-3-. The van der Waals surface area contributed by atoms with Crippen LogP contribution in [0.25, 0.3) is 0 Å². The highest BCUT2D eigenvalue weighted by Gasteiger charge is 1.81. The van der Waals surface area contributed by atoms with Crippen LogP contribution in [0, 0.1) is 0 Å². The van der Waals surface area contributed by atoms with Crippen LogP contribution in [0.5, 0.6) is 0 Å². The van der Waals surface area contributed by atoms with Gasteiger partial charge in [0.2, 0.25) is 0 Å². The predicted octanol–water partition coefficient (Wildman–Crippen LogP) is 2.00. The van der Waals surface area contributed by atoms with Crippen molar-refractivity contribution in [1.29, 1.82) is 0 Å². The highest BCUT2D eigenvalue weighted by atomic mass is 79.9. The lowest BCUT2D eigenvalue weighted by atomic mass is 10.3. The molecular weight excluding hydrogens is 180 g/mol. The van der Waals surface area contributed by atoms with Gasteiger partial charge in [0, 0.05) is 4.48 Å². The Morgan fingerprint density at radius 1 is 1.44 bits per heavy atom. The Morgan fingerprint density at radius 2 is 2.00 bits per heavy atom. The van der Waals surface area contributed by atoms with Crippen LogP contribution in [0.3, 0.4) is 0 Å². The van der Waals surface area contributed by atoms with E-state index in [2.05, 4.69) is 29.1 Å². The molecule has 1 nitrogen and oxygen atoms in total. The molecule has 0 spiro atoms. The van der Waals surface area contributed by atoms with Crippen LogP contribution in [-0.4, -0.2) is 11.7 Å². The van der Waals surface area contributed by atoms with Gasteiger partial charge in [-0.05, 0) is 11.6 Å². The minimum Gasteiger partial charge on any atom is -0.392 e. The molecule has 0 amide bonds. The highest BCUT2D eigenvalue weighted by Crippen LogP contribution is 2.03. The van der Waals surface area contributed by atoms with Crippen molar-refractivity contribution in [1.82, 2.24) is 0 Å². The number of hydrogen-bond acceptors (Lipinski definition) is 1. The molecule has 0 aromatic heterocycles. The van der Waals surface area contributed by atoms with E-state index in [-0.39, 0.29) is 6.61 Å². The van der Waals surface area contributed by atoms with Crippen LogP contribution < -0.4 is 0 Å². The Kier molecular flexibility index (Phi) is 4.36. The van der Waals surface area contributed by atoms with E-state index < -0.39 is 0 Å². The predicted molar refractivity (Wildman–Crippen MR) is 43.4 cm³/mol. The normalized spacial score (nSPS) is 10.0. The molecule has 0 rings (SSSR count). The Morgan fingerprint density at radius 3 is 2.33 bits per heavy atom. The maximum atomic E-state index is 8.45. The molecule has 0 unspecified atom stereocenters. The summed E-state index contributed by atoms with van der Waals surface area (Å²) in [4.78, 5) is 0. The molecule has 0 saturated carbocycles. The first kappa shape index (κ1) is 8.66. The maximum Gasteiger partial charge on any atom is 0.0676 e. The fourth-order valence-electron chi connectivity index (χ4n) is 0.261. The third-order valence-electron chi connectivity index (χ3n) is 0.703. The zero-order valence-electron chi connectivity index (χ0n) is 5.10. The lowest BCUT2D eigenvalue weighted by molar-refractivity contribution is 0.335. The Hall–Kier alpha value is -0.340. The van der Waals surface area contributed by atoms with Crippen molar-refractivity contribution in [2.45, 2.75) is 0 Å². The van der Waals surface area contributed by atoms with E-state index in [0.29, 0.717) is 5.57 Å². The van der Waals surface area contributed by atoms with Crippen LogP contribution in [0.15, 0.2) is 35.4 Å². The lowest BCUT2D eigenvalue weighted by Gasteiger charge is -1.88. The molecule has 0 aliphatic carbocycles. The molecular formula is C7H9BrO. The molecule has 9 heavy (non-hydrogen) atoms. The summed E-state index contributed by atoms with van der Waals surface area (Å²) in [6, 6.07) is 0. The molecule has 0 aliphatic heterocycles. The van der Waals surface area contributed by atoms with Gasteiger partial charge in [0.05, 0.1) is 6.61 Å². The molecule has 0 aromatic rings. The second-order valence-corrected chi connectivity index (χ2v) is 2.62. The molecule has 0 fully saturated rings. The minimum atomic E-state index is -0.00319. The van der Waals surface area contributed by atoms with E-state index in [1.54, 1.807) is 12.2 Å². The van der Waals surface area contributed by atoms with E-state index >= 15 is 0 Å². The van der Waals surface area contributed by atoms with Crippen LogP contribution >= 0.6 is 15.9 Å². The molecule has 0 atom stereocenters. The summed E-state index contributed by atoms with van der Waals surface area (Å²) in [5, 5.41) is 8.45. The smallest absolute Gasteiger partial charge is 0.0676 e. The molecule has 0 aliphatic rings. The van der Waals surface area contributed by atoms with E-state index in [1.165, 1.54) is 0 Å². The van der Waals surface area contributed by atoms with Gasteiger partial charge in [-0.1, -0.05) is 35.2 Å². The van der Waals surface area contributed by atoms with Crippen molar-refractivity contribution in [2.24, 2.45) is 0 Å². The van der Waals surface area contributed by atoms with Crippen molar-refractivity contribution in [3.8, 4) is 0 Å². The molecule has 1 N–H and O–H groups in total. The summed E-state index contributed by atoms with van der Waals surface area (Å²) < 4.78 is 0.775. The lowest BCUT2D eigenvalue weighted by Crippen LogP contribution is -1.81. The number of rotatable bonds is 3. The van der Waals surface area contributed by atoms with Gasteiger partial charge in [-0.3, -0.25) is 0 Å². The third-order valence-corrected chi connectivity index (χ3v) is 0.967. The molecule has 0 bridgehead atoms. The van der Waals surface area contributed by atoms with Crippen molar-refractivity contribution >= 4 is 15.9 Å². The van der Waals surface area contributed by atoms with Gasteiger partial charge in [0.1, 0.15) is 0 Å². The first-order chi connectivity index (χ1) is 4.16. The van der Waals surface area contributed by atoms with Gasteiger partial charge in [0.15, 0.2) is 0 Å². The van der Waals surface area contributed by atoms with Crippen LogP contribution in [0.2, 0.25) is 0 Å². The first-order valence-corrected chi connectivity index (χ1v) is 3.27. The summed E-state index contributed by atoms with van der Waals surface area (Å²) >= 11 is 3.13. The quantitative estimate of drug-likeness (QED) is 0.673. The number of aliphatic hydroxyl groups excluding tert-OH is 1. The van der Waals surface area contributed by atoms with Crippen molar-refractivity contribution < 1.29 is 5.11 Å². The van der Waals surface area contributed by atoms with E-state index in [0.717, 1.165) is 4.48 Å². The number of hydrogen-bond donors (Lipinski definition) is 1. The van der Waals surface area contributed by atoms with Gasteiger partial charge >= 0.3 is 0 Å². The monoisotopic (exact) mass is 188 g/mol. The van der Waals surface area contributed by atoms with E-state index in [9.17, 15) is 0 Å². The largest absolute Gasteiger partial charge is 0.392 e. The van der Waals surface area contributed by atoms with Gasteiger partial charge in [-0.15, -0.1) is 0 Å². The summed E-state index contributed by atoms with van der Waals surface area (Å²) in [5.41, 5.74) is 0.676. The van der Waals surface area contributed by atoms with Crippen LogP contribution in [0.4, 0.5) is 0 Å². The van der Waals surface area contributed by atoms with E-state index in [4.69, 9.17) is 5.11 Å². The van der Waals surface area contributed by atoms with Gasteiger partial charge in [-0.2, -0.15) is 0 Å². The van der Waals surface area contributed by atoms with Gasteiger partial charge in [-0.25, -0.2) is 0 Å². The Balaban J connectivity index is 3.71. The number of allylic oxidation sites excluding steroid dienone is 2. The average Bonchev–Trinajstić information content (AvgIpc) is 1.83. The summed E-state index contributed by atoms with van der Waals surface area (Å²) in [5.74, 6) is 0. The second-order valence-electron chi connectivity index (χ2n) is 1.60. The summed E-state index contributed by atoms with van der Waals surface area (Å²) in [6.45, 7) is 7.11.